The molecule has 110 valence electrons. The largest absolute Gasteiger partial charge is 0.341 e. The number of nitrogens with two attached hydrogens (primary N) is 1. The Hall–Kier alpha value is -2.13. The predicted octanol–water partition coefficient (Wildman–Crippen LogP) is 2.46. The summed E-state index contributed by atoms with van der Waals surface area (Å²) < 4.78 is 0. The molecule has 0 spiro atoms. The van der Waals surface area contributed by atoms with Crippen molar-refractivity contribution >= 4 is 5.91 Å². The number of amides is 1. The Morgan fingerprint density at radius 3 is 2.05 bits per heavy atom. The van der Waals surface area contributed by atoms with Gasteiger partial charge in [-0.15, -0.1) is 0 Å². The third-order valence-corrected chi connectivity index (χ3v) is 3.60. The van der Waals surface area contributed by atoms with Gasteiger partial charge in [-0.1, -0.05) is 60.7 Å². The zero-order valence-electron chi connectivity index (χ0n) is 12.4. The van der Waals surface area contributed by atoms with Gasteiger partial charge in [0, 0.05) is 20.1 Å². The predicted molar refractivity (Wildman–Crippen MR) is 85.6 cm³/mol. The van der Waals surface area contributed by atoms with Crippen molar-refractivity contribution in [3.63, 3.8) is 0 Å². The highest BCUT2D eigenvalue weighted by molar-refractivity contribution is 5.79. The second-order valence-corrected chi connectivity index (χ2v) is 5.30. The summed E-state index contributed by atoms with van der Waals surface area (Å²) in [6.45, 7) is 0.984. The third-order valence-electron chi connectivity index (χ3n) is 3.60. The van der Waals surface area contributed by atoms with Crippen molar-refractivity contribution in [1.82, 2.24) is 4.90 Å². The van der Waals surface area contributed by atoms with Gasteiger partial charge in [-0.05, 0) is 17.5 Å². The normalized spacial score (nSPS) is 11.9. The van der Waals surface area contributed by atoms with Gasteiger partial charge in [0.15, 0.2) is 0 Å². The number of rotatable bonds is 6. The fourth-order valence-corrected chi connectivity index (χ4v) is 2.42. The fourth-order valence-electron chi connectivity index (χ4n) is 2.42. The van der Waals surface area contributed by atoms with Crippen LogP contribution in [0.15, 0.2) is 60.7 Å². The molecule has 3 nitrogen and oxygen atoms in total. The van der Waals surface area contributed by atoms with Gasteiger partial charge in [-0.2, -0.15) is 0 Å². The van der Waals surface area contributed by atoms with Gasteiger partial charge < -0.3 is 10.6 Å². The maximum absolute atomic E-state index is 12.5. The molecule has 2 rings (SSSR count). The van der Waals surface area contributed by atoms with Crippen molar-refractivity contribution in [2.75, 3.05) is 13.6 Å². The molecule has 21 heavy (non-hydrogen) atoms. The molecule has 0 aromatic heterocycles. The molecular weight excluding hydrogens is 260 g/mol. The van der Waals surface area contributed by atoms with Gasteiger partial charge in [0.05, 0.1) is 5.92 Å². The van der Waals surface area contributed by atoms with E-state index in [-0.39, 0.29) is 11.8 Å². The summed E-state index contributed by atoms with van der Waals surface area (Å²) >= 11 is 0. The van der Waals surface area contributed by atoms with Crippen molar-refractivity contribution in [1.29, 1.82) is 0 Å². The molecular formula is C18H22N2O. The van der Waals surface area contributed by atoms with Crippen LogP contribution in [-0.2, 0) is 17.8 Å². The van der Waals surface area contributed by atoms with E-state index >= 15 is 0 Å². The average Bonchev–Trinajstić information content (AvgIpc) is 2.54. The van der Waals surface area contributed by atoms with Crippen molar-refractivity contribution < 1.29 is 4.79 Å². The van der Waals surface area contributed by atoms with Crippen molar-refractivity contribution in [3.8, 4) is 0 Å². The molecule has 0 saturated carbocycles. The second kappa shape index (κ2) is 7.60. The molecule has 2 aromatic carbocycles. The van der Waals surface area contributed by atoms with E-state index < -0.39 is 0 Å². The molecule has 0 aliphatic carbocycles. The monoisotopic (exact) mass is 282 g/mol. The quantitative estimate of drug-likeness (QED) is 0.884. The van der Waals surface area contributed by atoms with Gasteiger partial charge in [-0.25, -0.2) is 0 Å². The van der Waals surface area contributed by atoms with E-state index in [9.17, 15) is 4.79 Å². The van der Waals surface area contributed by atoms with Crippen LogP contribution in [0.2, 0.25) is 0 Å². The highest BCUT2D eigenvalue weighted by Gasteiger charge is 2.21. The summed E-state index contributed by atoms with van der Waals surface area (Å²) in [4.78, 5) is 14.3. The van der Waals surface area contributed by atoms with Crippen molar-refractivity contribution in [2.45, 2.75) is 13.0 Å². The third kappa shape index (κ3) is 4.43. The Morgan fingerprint density at radius 1 is 1.00 bits per heavy atom. The molecule has 0 saturated heterocycles. The summed E-state index contributed by atoms with van der Waals surface area (Å²) in [5.41, 5.74) is 8.08. The molecule has 2 aromatic rings. The fraction of sp³-hybridized carbons (Fsp3) is 0.278. The lowest BCUT2D eigenvalue weighted by Crippen LogP contribution is -2.37. The second-order valence-electron chi connectivity index (χ2n) is 5.30. The molecule has 0 fully saturated rings. The van der Waals surface area contributed by atoms with Crippen LogP contribution in [0.1, 0.15) is 11.1 Å². The first-order valence-corrected chi connectivity index (χ1v) is 7.23. The summed E-state index contributed by atoms with van der Waals surface area (Å²) in [6, 6.07) is 20.0. The first kappa shape index (κ1) is 15.3. The topological polar surface area (TPSA) is 46.3 Å². The van der Waals surface area contributed by atoms with Crippen LogP contribution in [0, 0.1) is 5.92 Å². The number of carbonyl (C=O) groups excluding carboxylic acids is 1. The van der Waals surface area contributed by atoms with E-state index in [0.29, 0.717) is 19.5 Å². The van der Waals surface area contributed by atoms with Crippen LogP contribution in [-0.4, -0.2) is 24.4 Å². The van der Waals surface area contributed by atoms with E-state index in [1.807, 2.05) is 67.7 Å². The van der Waals surface area contributed by atoms with Gasteiger partial charge >= 0.3 is 0 Å². The van der Waals surface area contributed by atoms with Crippen LogP contribution >= 0.6 is 0 Å². The highest BCUT2D eigenvalue weighted by Crippen LogP contribution is 2.12. The minimum atomic E-state index is -0.166. The number of hydrogen-bond donors (Lipinski definition) is 1. The van der Waals surface area contributed by atoms with E-state index in [2.05, 4.69) is 0 Å². The van der Waals surface area contributed by atoms with E-state index in [1.54, 1.807) is 4.90 Å². The lowest BCUT2D eigenvalue weighted by atomic mass is 9.98. The molecule has 2 N–H and O–H groups in total. The molecule has 0 heterocycles. The first-order valence-electron chi connectivity index (χ1n) is 7.23. The Balaban J connectivity index is 1.99. The molecule has 1 unspecified atom stereocenters. The van der Waals surface area contributed by atoms with Crippen LogP contribution in [0.25, 0.3) is 0 Å². The SMILES string of the molecule is CN(Cc1ccccc1)C(=O)C(CN)Cc1ccccc1. The van der Waals surface area contributed by atoms with Crippen LogP contribution in [0.5, 0.6) is 0 Å². The van der Waals surface area contributed by atoms with Crippen LogP contribution in [0.4, 0.5) is 0 Å². The lowest BCUT2D eigenvalue weighted by Gasteiger charge is -2.23. The van der Waals surface area contributed by atoms with Crippen LogP contribution in [0.3, 0.4) is 0 Å². The zero-order chi connectivity index (χ0) is 15.1. The van der Waals surface area contributed by atoms with Crippen molar-refractivity contribution in [3.05, 3.63) is 71.8 Å². The molecule has 3 heteroatoms. The summed E-state index contributed by atoms with van der Waals surface area (Å²) in [5.74, 6) is -0.0636. The van der Waals surface area contributed by atoms with Crippen molar-refractivity contribution in [2.24, 2.45) is 11.7 Å². The van der Waals surface area contributed by atoms with Gasteiger partial charge in [0.1, 0.15) is 0 Å². The summed E-state index contributed by atoms with van der Waals surface area (Å²) in [7, 11) is 1.84. The average molecular weight is 282 g/mol. The number of benzene rings is 2. The van der Waals surface area contributed by atoms with Gasteiger partial charge in [-0.3, -0.25) is 4.79 Å². The first-order chi connectivity index (χ1) is 10.2. The standard InChI is InChI=1S/C18H22N2O/c1-20(14-16-10-6-3-7-11-16)18(21)17(13-19)12-15-8-4-2-5-9-15/h2-11,17H,12-14,19H2,1H3. The molecule has 0 aliphatic rings. The molecule has 1 atom stereocenters. The molecule has 0 bridgehead atoms. The summed E-state index contributed by atoms with van der Waals surface area (Å²) in [6.07, 6.45) is 0.690. The zero-order valence-corrected chi connectivity index (χ0v) is 12.4. The Bertz CT molecular complexity index is 554. The van der Waals surface area contributed by atoms with E-state index in [4.69, 9.17) is 5.73 Å². The molecule has 0 aliphatic heterocycles. The minimum Gasteiger partial charge on any atom is -0.341 e. The Morgan fingerprint density at radius 2 is 1.52 bits per heavy atom. The van der Waals surface area contributed by atoms with E-state index in [1.165, 1.54) is 0 Å². The highest BCUT2D eigenvalue weighted by atomic mass is 16.2. The summed E-state index contributed by atoms with van der Waals surface area (Å²) in [5, 5.41) is 0. The lowest BCUT2D eigenvalue weighted by molar-refractivity contribution is -0.134. The maximum Gasteiger partial charge on any atom is 0.227 e. The Labute approximate surface area is 126 Å². The minimum absolute atomic E-state index is 0.102. The molecule has 1 amide bonds. The van der Waals surface area contributed by atoms with E-state index in [0.717, 1.165) is 11.1 Å². The number of hydrogen-bond acceptors (Lipinski definition) is 2. The van der Waals surface area contributed by atoms with Gasteiger partial charge in [0.2, 0.25) is 5.91 Å². The molecule has 0 radical (unpaired) electrons. The van der Waals surface area contributed by atoms with Gasteiger partial charge in [0.25, 0.3) is 0 Å². The number of nitrogens with zero attached hydrogens (tertiary/aromatic N) is 1. The van der Waals surface area contributed by atoms with Crippen LogP contribution < -0.4 is 5.73 Å². The number of carbonyl (C=O) groups is 1. The Kier molecular flexibility index (Phi) is 5.52. The smallest absolute Gasteiger partial charge is 0.227 e. The maximum atomic E-state index is 12.5.